The van der Waals surface area contributed by atoms with Gasteiger partial charge >= 0.3 is 0 Å². The Bertz CT molecular complexity index is 2180. The molecule has 3 aromatic carbocycles. The molecule has 2 amide bonds. The number of nitrogens with one attached hydrogen (secondary N) is 3. The Labute approximate surface area is 283 Å². The minimum Gasteiger partial charge on any atom is -0.497 e. The van der Waals surface area contributed by atoms with Gasteiger partial charge in [-0.1, -0.05) is 36.4 Å². The van der Waals surface area contributed by atoms with Gasteiger partial charge in [-0.15, -0.1) is 0 Å². The highest BCUT2D eigenvalue weighted by Crippen LogP contribution is 2.36. The second-order valence-electron chi connectivity index (χ2n) is 11.3. The number of hydrogen-bond donors (Lipinski definition) is 3. The Morgan fingerprint density at radius 2 is 0.918 bits per heavy atom. The van der Waals surface area contributed by atoms with Gasteiger partial charge in [-0.3, -0.25) is 9.59 Å². The number of aliphatic imine (C=N–C) groups is 1. The molecule has 49 heavy (non-hydrogen) atoms. The monoisotopic (exact) mass is 648 g/mol. The molecule has 1 aromatic heterocycles. The highest BCUT2D eigenvalue weighted by Gasteiger charge is 2.24. The Kier molecular flexibility index (Phi) is 8.39. The van der Waals surface area contributed by atoms with Crippen molar-refractivity contribution in [3.63, 3.8) is 0 Å². The molecule has 242 valence electrons. The van der Waals surface area contributed by atoms with Crippen molar-refractivity contribution < 1.29 is 23.8 Å². The molecule has 0 fully saturated rings. The summed E-state index contributed by atoms with van der Waals surface area (Å²) in [4.78, 5) is 33.3. The summed E-state index contributed by atoms with van der Waals surface area (Å²) in [6.07, 6.45) is 10.5. The molecule has 0 unspecified atom stereocenters. The molecule has 7 rings (SSSR count). The minimum atomic E-state index is -0.188. The van der Waals surface area contributed by atoms with Crippen molar-refractivity contribution in [1.82, 2.24) is 15.6 Å². The number of carbonyl (C=O) groups excluding carboxylic acids is 2. The number of aromatic nitrogens is 1. The van der Waals surface area contributed by atoms with E-state index < -0.39 is 0 Å². The second kappa shape index (κ2) is 13.2. The third-order valence-corrected chi connectivity index (χ3v) is 8.37. The van der Waals surface area contributed by atoms with E-state index in [2.05, 4.69) is 15.6 Å². The van der Waals surface area contributed by atoms with E-state index in [0.29, 0.717) is 17.1 Å². The molecule has 3 aliphatic heterocycles. The summed E-state index contributed by atoms with van der Waals surface area (Å²) in [6.45, 7) is 0. The number of rotatable bonds is 9. The zero-order chi connectivity index (χ0) is 33.9. The van der Waals surface area contributed by atoms with Crippen LogP contribution in [0.15, 0.2) is 143 Å². The van der Waals surface area contributed by atoms with E-state index in [9.17, 15) is 9.59 Å². The molecule has 0 saturated heterocycles. The molecule has 0 bridgehead atoms. The molecule has 9 heteroatoms. The lowest BCUT2D eigenvalue weighted by Gasteiger charge is -2.13. The largest absolute Gasteiger partial charge is 0.497 e. The smallest absolute Gasteiger partial charge is 0.248 e. The zero-order valence-electron chi connectivity index (χ0n) is 27.0. The van der Waals surface area contributed by atoms with Gasteiger partial charge in [0.05, 0.1) is 44.1 Å². The molecule has 0 atom stereocenters. The van der Waals surface area contributed by atoms with Crippen LogP contribution < -0.4 is 24.8 Å². The molecule has 0 spiro atoms. The van der Waals surface area contributed by atoms with Gasteiger partial charge in [0.15, 0.2) is 0 Å². The molecule has 0 aliphatic carbocycles. The van der Waals surface area contributed by atoms with E-state index in [1.165, 1.54) is 12.2 Å². The number of aromatic amines is 1. The fourth-order valence-electron chi connectivity index (χ4n) is 5.98. The van der Waals surface area contributed by atoms with Crippen LogP contribution in [0.25, 0.3) is 16.7 Å². The zero-order valence-corrected chi connectivity index (χ0v) is 27.0. The molecule has 4 aromatic rings. The van der Waals surface area contributed by atoms with Crippen LogP contribution in [0, 0.1) is 0 Å². The maximum Gasteiger partial charge on any atom is 0.248 e. The first-order chi connectivity index (χ1) is 23.9. The Hall–Kier alpha value is -6.61. The lowest BCUT2D eigenvalue weighted by atomic mass is 9.98. The van der Waals surface area contributed by atoms with E-state index in [4.69, 9.17) is 19.2 Å². The van der Waals surface area contributed by atoms with Gasteiger partial charge in [-0.05, 0) is 89.5 Å². The van der Waals surface area contributed by atoms with Gasteiger partial charge in [0, 0.05) is 40.3 Å². The Morgan fingerprint density at radius 1 is 0.490 bits per heavy atom. The third kappa shape index (κ3) is 6.25. The first-order valence-electron chi connectivity index (χ1n) is 15.5. The predicted molar refractivity (Wildman–Crippen MR) is 190 cm³/mol. The van der Waals surface area contributed by atoms with Crippen molar-refractivity contribution in [3.05, 3.63) is 167 Å². The van der Waals surface area contributed by atoms with Crippen LogP contribution in [-0.2, 0) is 9.59 Å². The van der Waals surface area contributed by atoms with Crippen molar-refractivity contribution in [2.45, 2.75) is 0 Å². The van der Waals surface area contributed by atoms with Crippen molar-refractivity contribution >= 4 is 34.2 Å². The van der Waals surface area contributed by atoms with Crippen molar-refractivity contribution in [3.8, 4) is 17.2 Å². The van der Waals surface area contributed by atoms with E-state index in [0.717, 1.165) is 67.7 Å². The first-order valence-corrected chi connectivity index (χ1v) is 15.5. The SMILES string of the molecule is COc1ccc(/C(=C2\C=CC(C(=C3\C=CC(=O)N3)/c3ccc(OC)cc3)=N2)c2ccc(/C(=C3/C=CC(=O)N3)c3ccc(OC)cc3)[nH]2)cc1. The number of carbonyl (C=O) groups is 2. The van der Waals surface area contributed by atoms with Crippen LogP contribution in [0.2, 0.25) is 0 Å². The molecule has 3 aliphatic rings. The third-order valence-electron chi connectivity index (χ3n) is 8.37. The Morgan fingerprint density at radius 3 is 1.37 bits per heavy atom. The van der Waals surface area contributed by atoms with Gasteiger partial charge in [0.25, 0.3) is 0 Å². The Balaban J connectivity index is 1.37. The number of benzene rings is 3. The van der Waals surface area contributed by atoms with Gasteiger partial charge in [0.1, 0.15) is 17.2 Å². The maximum absolute atomic E-state index is 12.2. The lowest BCUT2D eigenvalue weighted by molar-refractivity contribution is -0.116. The molecule has 9 nitrogen and oxygen atoms in total. The molecular weight excluding hydrogens is 616 g/mol. The number of allylic oxidation sites excluding steroid dienone is 5. The van der Waals surface area contributed by atoms with Gasteiger partial charge < -0.3 is 29.8 Å². The van der Waals surface area contributed by atoms with Crippen LogP contribution in [0.1, 0.15) is 28.1 Å². The summed E-state index contributed by atoms with van der Waals surface area (Å²) in [7, 11) is 4.89. The first kappa shape index (κ1) is 31.0. The van der Waals surface area contributed by atoms with Gasteiger partial charge in [-0.2, -0.15) is 0 Å². The van der Waals surface area contributed by atoms with E-state index in [-0.39, 0.29) is 11.8 Å². The summed E-state index contributed by atoms with van der Waals surface area (Å²) >= 11 is 0. The number of amides is 2. The highest BCUT2D eigenvalue weighted by molar-refractivity contribution is 6.32. The highest BCUT2D eigenvalue weighted by atomic mass is 16.5. The summed E-state index contributed by atoms with van der Waals surface area (Å²) in [6, 6.07) is 27.2. The minimum absolute atomic E-state index is 0.179. The molecule has 3 N–H and O–H groups in total. The van der Waals surface area contributed by atoms with E-state index in [1.54, 1.807) is 33.5 Å². The fourth-order valence-corrected chi connectivity index (χ4v) is 5.98. The van der Waals surface area contributed by atoms with Crippen molar-refractivity contribution in [2.75, 3.05) is 21.3 Å². The molecular formula is C40H32N4O5. The fraction of sp³-hybridized carbons (Fsp3) is 0.0750. The topological polar surface area (TPSA) is 114 Å². The maximum atomic E-state index is 12.2. The van der Waals surface area contributed by atoms with Crippen molar-refractivity contribution in [1.29, 1.82) is 0 Å². The average Bonchev–Trinajstić information content (AvgIpc) is 3.97. The number of methoxy groups -OCH3 is 3. The number of ether oxygens (including phenoxy) is 3. The molecule has 0 radical (unpaired) electrons. The summed E-state index contributed by atoms with van der Waals surface area (Å²) in [5.74, 6) is 1.83. The van der Waals surface area contributed by atoms with E-state index >= 15 is 0 Å². The quantitative estimate of drug-likeness (QED) is 0.196. The van der Waals surface area contributed by atoms with Gasteiger partial charge in [0.2, 0.25) is 11.8 Å². The van der Waals surface area contributed by atoms with Crippen LogP contribution in [0.3, 0.4) is 0 Å². The average molecular weight is 649 g/mol. The predicted octanol–water partition coefficient (Wildman–Crippen LogP) is 6.35. The molecule has 4 heterocycles. The van der Waals surface area contributed by atoms with Crippen LogP contribution in [0.5, 0.6) is 17.2 Å². The van der Waals surface area contributed by atoms with Gasteiger partial charge in [-0.25, -0.2) is 4.99 Å². The lowest BCUT2D eigenvalue weighted by Crippen LogP contribution is -2.16. The normalized spacial score (nSPS) is 17.9. The molecule has 0 saturated carbocycles. The standard InChI is InChI=1S/C40H32N4O5/c1-47-27-10-4-24(5-11-27)38(30-16-18-32(41-30)39(34-20-22-36(45)43-34)25-6-12-28(48-2)13-7-25)31-17-19-33(42-31)40(35-21-23-37(46)44-35)26-8-14-29(49-3)15-9-26/h4-23,41H,1-3H3,(H,43,45)(H,44,46)/b38-31-,39-34-,40-35+. The van der Waals surface area contributed by atoms with Crippen molar-refractivity contribution in [2.24, 2.45) is 4.99 Å². The number of H-pyrrole nitrogens is 1. The van der Waals surface area contributed by atoms with E-state index in [1.807, 2.05) is 97.1 Å². The number of nitrogens with zero attached hydrogens (tertiary/aromatic N) is 1. The second-order valence-corrected chi connectivity index (χ2v) is 11.3. The van der Waals surface area contributed by atoms with Crippen LogP contribution in [-0.4, -0.2) is 43.8 Å². The van der Waals surface area contributed by atoms with Crippen LogP contribution >= 0.6 is 0 Å². The van der Waals surface area contributed by atoms with Crippen LogP contribution in [0.4, 0.5) is 0 Å². The summed E-state index contributed by atoms with van der Waals surface area (Å²) < 4.78 is 16.2. The summed E-state index contributed by atoms with van der Waals surface area (Å²) in [5, 5.41) is 5.90. The summed E-state index contributed by atoms with van der Waals surface area (Å²) in [5.41, 5.74) is 9.55. The number of hydrogen-bond acceptors (Lipinski definition) is 6.